The molecular weight excluding hydrogens is 602 g/mol. The normalized spacial score (nSPS) is 9.93. The first-order valence-electron chi connectivity index (χ1n) is 13.9. The molecule has 0 saturated heterocycles. The van der Waals surface area contributed by atoms with Crippen LogP contribution in [0.25, 0.3) is 6.08 Å². The molecule has 0 saturated carbocycles. The van der Waals surface area contributed by atoms with Crippen molar-refractivity contribution >= 4 is 30.0 Å². The summed E-state index contributed by atoms with van der Waals surface area (Å²) in [6, 6.07) is 6.89. The Morgan fingerprint density at radius 1 is 0.717 bits per heavy atom. The summed E-state index contributed by atoms with van der Waals surface area (Å²) in [7, 11) is 0. The van der Waals surface area contributed by atoms with Gasteiger partial charge in [0.15, 0.2) is 0 Å². The molecule has 9 nitrogen and oxygen atoms in total. The second kappa shape index (κ2) is 23.8. The molecule has 0 aliphatic rings. The van der Waals surface area contributed by atoms with Gasteiger partial charge >= 0.3 is 30.0 Å². The van der Waals surface area contributed by atoms with Gasteiger partial charge in [-0.3, -0.25) is 0 Å². The van der Waals surface area contributed by atoms with Crippen LogP contribution < -0.4 is 0 Å². The maximum absolute atomic E-state index is 11.8. The zero-order valence-corrected chi connectivity index (χ0v) is 29.2. The molecule has 0 aliphatic heterocycles. The Morgan fingerprint density at radius 2 is 1.09 bits per heavy atom. The number of hydrogen-bond acceptors (Lipinski definition) is 9. The van der Waals surface area contributed by atoms with Gasteiger partial charge in [0.1, 0.15) is 17.0 Å². The van der Waals surface area contributed by atoms with E-state index in [0.29, 0.717) is 30.4 Å². The lowest BCUT2D eigenvalue weighted by Crippen LogP contribution is -2.23. The maximum atomic E-state index is 11.8. The van der Waals surface area contributed by atoms with Crippen LogP contribution in [0, 0.1) is 0 Å². The topological polar surface area (TPSA) is 125 Å². The Morgan fingerprint density at radius 3 is 1.26 bits per heavy atom. The average Bonchev–Trinajstić information content (AvgIpc) is 2.87. The smallest absolute Gasteiger partial charge is 0.397 e. The summed E-state index contributed by atoms with van der Waals surface area (Å²) < 4.78 is 41.7. The second-order valence-corrected chi connectivity index (χ2v) is 11.3. The predicted molar refractivity (Wildman–Crippen MR) is 178 cm³/mol. The molecule has 0 atom stereocenters. The number of benzene rings is 1. The van der Waals surface area contributed by atoms with E-state index in [2.05, 4.69) is 42.4 Å². The quantitative estimate of drug-likeness (QED) is 0.176. The molecule has 0 bridgehead atoms. The molecule has 0 aromatic heterocycles. The third kappa shape index (κ3) is 37.5. The Bertz CT molecular complexity index is 1120. The summed E-state index contributed by atoms with van der Waals surface area (Å²) in [6.45, 7) is 35.0. The minimum absolute atomic E-state index is 0.0403. The highest BCUT2D eigenvalue weighted by Gasteiger charge is 2.26. The number of carbonyl (C=O) groups is 4. The number of halogens is 2. The molecular formula is C35H52F2O9. The van der Waals surface area contributed by atoms with E-state index in [1.54, 1.807) is 39.0 Å². The van der Waals surface area contributed by atoms with Gasteiger partial charge in [-0.2, -0.15) is 8.78 Å². The molecule has 1 aromatic rings. The number of hydrogen-bond donors (Lipinski definition) is 1. The molecule has 0 spiro atoms. The number of phenols is 1. The lowest BCUT2D eigenvalue weighted by Gasteiger charge is -2.19. The van der Waals surface area contributed by atoms with Gasteiger partial charge in [-0.1, -0.05) is 51.1 Å². The Labute approximate surface area is 273 Å². The van der Waals surface area contributed by atoms with Crippen LogP contribution in [0.4, 0.5) is 8.78 Å². The third-order valence-corrected chi connectivity index (χ3v) is 3.69. The summed E-state index contributed by atoms with van der Waals surface area (Å²) in [5.74, 6) is -1.80. The van der Waals surface area contributed by atoms with E-state index >= 15 is 0 Å². The van der Waals surface area contributed by atoms with E-state index in [4.69, 9.17) is 14.6 Å². The lowest BCUT2D eigenvalue weighted by atomic mass is 10.2. The van der Waals surface area contributed by atoms with Crippen LogP contribution in [0.1, 0.15) is 81.7 Å². The maximum Gasteiger partial charge on any atom is 0.397 e. The van der Waals surface area contributed by atoms with Gasteiger partial charge in [0.2, 0.25) is 0 Å². The highest BCUT2D eigenvalue weighted by Crippen LogP contribution is 2.15. The number of phenolic OH excluding ortho intramolecular Hbond substituents is 1. The molecule has 260 valence electrons. The first-order chi connectivity index (χ1) is 20.6. The SMILES string of the molecule is C=C(C)C(=O)OC(C)(C)C.C=C(C)C(=O)OC(C)(F)F.C=C(C)C(=O)OCC.C=CC(=O)OC(C)(C)C.C=Cc1ccc(O)cc1. The summed E-state index contributed by atoms with van der Waals surface area (Å²) in [6.07, 6.45) is -0.513. The molecule has 1 rings (SSSR count). The van der Waals surface area contributed by atoms with E-state index in [0.717, 1.165) is 11.6 Å². The van der Waals surface area contributed by atoms with Crippen molar-refractivity contribution in [2.75, 3.05) is 6.61 Å². The first kappa shape index (κ1) is 48.4. The van der Waals surface area contributed by atoms with E-state index in [-0.39, 0.29) is 23.5 Å². The highest BCUT2D eigenvalue weighted by atomic mass is 19.3. The van der Waals surface area contributed by atoms with Crippen molar-refractivity contribution in [2.45, 2.75) is 93.5 Å². The van der Waals surface area contributed by atoms with E-state index in [1.807, 2.05) is 53.7 Å². The Kier molecular flexibility index (Phi) is 25.0. The van der Waals surface area contributed by atoms with Crippen LogP contribution >= 0.6 is 0 Å². The van der Waals surface area contributed by atoms with E-state index in [1.165, 1.54) is 6.92 Å². The molecule has 0 unspecified atom stereocenters. The van der Waals surface area contributed by atoms with Crippen molar-refractivity contribution in [3.8, 4) is 5.75 Å². The van der Waals surface area contributed by atoms with Gasteiger partial charge in [-0.25, -0.2) is 19.2 Å². The molecule has 1 aromatic carbocycles. The number of ether oxygens (including phenoxy) is 4. The van der Waals surface area contributed by atoms with Crippen LogP contribution in [-0.2, 0) is 38.1 Å². The average molecular weight is 655 g/mol. The van der Waals surface area contributed by atoms with Gasteiger partial charge in [0.05, 0.1) is 6.61 Å². The fourth-order valence-corrected chi connectivity index (χ4v) is 1.82. The van der Waals surface area contributed by atoms with Crippen LogP contribution in [0.2, 0.25) is 0 Å². The van der Waals surface area contributed by atoms with Gasteiger partial charge < -0.3 is 24.1 Å². The van der Waals surface area contributed by atoms with Crippen molar-refractivity contribution in [1.29, 1.82) is 0 Å². The third-order valence-electron chi connectivity index (χ3n) is 3.69. The lowest BCUT2D eigenvalue weighted by molar-refractivity contribution is -0.218. The van der Waals surface area contributed by atoms with Crippen molar-refractivity contribution in [2.24, 2.45) is 0 Å². The van der Waals surface area contributed by atoms with Gasteiger partial charge in [0, 0.05) is 29.7 Å². The molecule has 11 heteroatoms. The molecule has 0 aliphatic carbocycles. The molecule has 0 fully saturated rings. The van der Waals surface area contributed by atoms with Gasteiger partial charge in [-0.15, -0.1) is 0 Å². The summed E-state index contributed by atoms with van der Waals surface area (Å²) >= 11 is 0. The highest BCUT2D eigenvalue weighted by molar-refractivity contribution is 5.87. The number of esters is 4. The van der Waals surface area contributed by atoms with Crippen molar-refractivity contribution in [3.63, 3.8) is 0 Å². The Hall–Kier alpha value is -4.54. The molecule has 0 amide bonds. The molecule has 46 heavy (non-hydrogen) atoms. The van der Waals surface area contributed by atoms with Crippen LogP contribution in [0.15, 0.2) is 80.0 Å². The molecule has 1 N–H and O–H groups in total. The Balaban J connectivity index is -0.000000240. The fourth-order valence-electron chi connectivity index (χ4n) is 1.82. The number of aromatic hydroxyl groups is 1. The summed E-state index contributed by atoms with van der Waals surface area (Å²) in [4.78, 5) is 42.1. The minimum atomic E-state index is -3.41. The van der Waals surface area contributed by atoms with Crippen molar-refractivity contribution in [1.82, 2.24) is 0 Å². The number of alkyl halides is 2. The molecule has 0 heterocycles. The minimum Gasteiger partial charge on any atom is -0.508 e. The summed E-state index contributed by atoms with van der Waals surface area (Å²) in [5, 5.41) is 8.82. The second-order valence-electron chi connectivity index (χ2n) is 11.3. The van der Waals surface area contributed by atoms with Crippen LogP contribution in [-0.4, -0.2) is 52.9 Å². The van der Waals surface area contributed by atoms with Gasteiger partial charge in [0.25, 0.3) is 0 Å². The number of rotatable bonds is 7. The monoisotopic (exact) mass is 654 g/mol. The largest absolute Gasteiger partial charge is 0.508 e. The molecule has 0 radical (unpaired) electrons. The van der Waals surface area contributed by atoms with E-state index < -0.39 is 23.3 Å². The van der Waals surface area contributed by atoms with Crippen LogP contribution in [0.5, 0.6) is 5.75 Å². The van der Waals surface area contributed by atoms with Crippen LogP contribution in [0.3, 0.4) is 0 Å². The van der Waals surface area contributed by atoms with Gasteiger partial charge in [-0.05, 0) is 86.9 Å². The first-order valence-corrected chi connectivity index (χ1v) is 13.9. The van der Waals surface area contributed by atoms with E-state index in [9.17, 15) is 28.0 Å². The summed E-state index contributed by atoms with van der Waals surface area (Å²) in [5.41, 5.74) is 1.07. The van der Waals surface area contributed by atoms with Crippen molar-refractivity contribution in [3.05, 3.63) is 85.5 Å². The standard InChI is InChI=1S/C8H14O2.C8H8O.C7H12O2.C6H8F2O2.C6H10O2/c1-6(2)7(9)10-8(3,4)5;1-2-7-3-5-8(9)6-4-7;1-5-6(8)9-7(2,3)4;1-4(2)5(9)10-6(3,7)8;1-4-8-6(7)5(2)3/h1H2,2-5H3;2-6,9H,1H2;5H,1H2,2-4H3;1H2,2-3H3;2,4H2,1,3H3. The number of carbonyl (C=O) groups excluding carboxylic acids is 4. The van der Waals surface area contributed by atoms with Crippen molar-refractivity contribution < 1.29 is 52.0 Å². The predicted octanol–water partition coefficient (Wildman–Crippen LogP) is 8.30. The zero-order valence-electron chi connectivity index (χ0n) is 29.2. The fraction of sp³-hybridized carbons (Fsp3) is 0.429. The zero-order chi connectivity index (χ0) is 37.5.